The second-order valence-corrected chi connectivity index (χ2v) is 4.46. The van der Waals surface area contributed by atoms with Crippen LogP contribution in [-0.2, 0) is 7.05 Å². The molecule has 0 spiro atoms. The molecule has 3 rings (SSSR count). The fourth-order valence-corrected chi connectivity index (χ4v) is 1.94. The van der Waals surface area contributed by atoms with Crippen LogP contribution < -0.4 is 5.56 Å². The minimum absolute atomic E-state index is 0.106. The van der Waals surface area contributed by atoms with Crippen molar-refractivity contribution in [3.05, 3.63) is 28.6 Å². The van der Waals surface area contributed by atoms with Crippen molar-refractivity contribution in [1.29, 1.82) is 0 Å². The molecule has 3 heterocycles. The van der Waals surface area contributed by atoms with Crippen molar-refractivity contribution in [1.82, 2.24) is 23.9 Å². The number of nitrogens with zero attached hydrogens (tertiary/aromatic N) is 4. The van der Waals surface area contributed by atoms with Gasteiger partial charge in [0, 0.05) is 13.2 Å². The Hall–Kier alpha value is -2.11. The topological polar surface area (TPSA) is 68.0 Å². The molecular formula is C11H13N5O. The molecule has 0 aliphatic heterocycles. The number of H-pyrrole nitrogens is 1. The van der Waals surface area contributed by atoms with Gasteiger partial charge in [0.2, 0.25) is 5.78 Å². The summed E-state index contributed by atoms with van der Waals surface area (Å²) in [4.78, 5) is 23.5. The number of aryl methyl sites for hydroxylation is 1. The minimum atomic E-state index is -0.106. The van der Waals surface area contributed by atoms with Gasteiger partial charge in [0.1, 0.15) is 5.52 Å². The van der Waals surface area contributed by atoms with E-state index < -0.39 is 0 Å². The first-order chi connectivity index (χ1) is 8.09. The maximum absolute atomic E-state index is 12.0. The standard InChI is InChI=1S/C11H13N5O/c1-6(2)7-4-16-9-8(12-5-13-9)10(17)15(3)11(16)14-7/h4-6H,1-3H3,(H,12,13). The molecule has 0 aliphatic rings. The van der Waals surface area contributed by atoms with Gasteiger partial charge in [0.05, 0.1) is 12.0 Å². The van der Waals surface area contributed by atoms with Crippen LogP contribution in [0.1, 0.15) is 25.5 Å². The highest BCUT2D eigenvalue weighted by Crippen LogP contribution is 2.16. The third kappa shape index (κ3) is 1.23. The molecule has 3 aromatic heterocycles. The maximum atomic E-state index is 12.0. The summed E-state index contributed by atoms with van der Waals surface area (Å²) < 4.78 is 3.38. The van der Waals surface area contributed by atoms with E-state index >= 15 is 0 Å². The summed E-state index contributed by atoms with van der Waals surface area (Å²) in [6.07, 6.45) is 3.46. The molecule has 0 saturated heterocycles. The molecule has 88 valence electrons. The van der Waals surface area contributed by atoms with Crippen molar-refractivity contribution in [2.75, 3.05) is 0 Å². The zero-order valence-corrected chi connectivity index (χ0v) is 9.93. The van der Waals surface area contributed by atoms with Crippen LogP contribution in [-0.4, -0.2) is 23.9 Å². The van der Waals surface area contributed by atoms with Gasteiger partial charge >= 0.3 is 0 Å². The lowest BCUT2D eigenvalue weighted by atomic mass is 10.2. The van der Waals surface area contributed by atoms with E-state index in [-0.39, 0.29) is 5.56 Å². The zero-order valence-electron chi connectivity index (χ0n) is 9.93. The molecule has 0 fully saturated rings. The Morgan fingerprint density at radius 2 is 2.18 bits per heavy atom. The molecule has 0 aliphatic carbocycles. The highest BCUT2D eigenvalue weighted by Gasteiger charge is 2.14. The Bertz CT molecular complexity index is 761. The predicted molar refractivity (Wildman–Crippen MR) is 64.2 cm³/mol. The van der Waals surface area contributed by atoms with Crippen molar-refractivity contribution in [2.45, 2.75) is 19.8 Å². The van der Waals surface area contributed by atoms with Gasteiger partial charge in [-0.3, -0.25) is 13.8 Å². The van der Waals surface area contributed by atoms with E-state index in [1.807, 2.05) is 10.6 Å². The van der Waals surface area contributed by atoms with Crippen molar-refractivity contribution < 1.29 is 0 Å². The number of rotatable bonds is 1. The SMILES string of the molecule is CC(C)c1cn2c3nc[nH]c3c(=O)n(C)c2n1. The smallest absolute Gasteiger partial charge is 0.280 e. The quantitative estimate of drug-likeness (QED) is 0.680. The first-order valence-corrected chi connectivity index (χ1v) is 5.50. The second-order valence-electron chi connectivity index (χ2n) is 4.46. The monoisotopic (exact) mass is 231 g/mol. The van der Waals surface area contributed by atoms with Crippen LogP contribution in [0.4, 0.5) is 0 Å². The Balaban J connectivity index is 2.56. The Morgan fingerprint density at radius 3 is 2.88 bits per heavy atom. The second kappa shape index (κ2) is 3.19. The molecule has 0 aromatic carbocycles. The molecule has 0 amide bonds. The third-order valence-electron chi connectivity index (χ3n) is 2.96. The van der Waals surface area contributed by atoms with Crippen LogP contribution in [0.25, 0.3) is 16.9 Å². The fraction of sp³-hybridized carbons (Fsp3) is 0.364. The number of fused-ring (bicyclic) bond motifs is 3. The zero-order chi connectivity index (χ0) is 12.2. The molecule has 6 nitrogen and oxygen atoms in total. The molecule has 0 atom stereocenters. The first-order valence-electron chi connectivity index (χ1n) is 5.50. The lowest BCUT2D eigenvalue weighted by Gasteiger charge is -2.00. The number of aromatic amines is 1. The fourth-order valence-electron chi connectivity index (χ4n) is 1.94. The highest BCUT2D eigenvalue weighted by atomic mass is 16.1. The van der Waals surface area contributed by atoms with Crippen molar-refractivity contribution >= 4 is 16.9 Å². The summed E-state index contributed by atoms with van der Waals surface area (Å²) in [5.74, 6) is 0.942. The van der Waals surface area contributed by atoms with E-state index in [1.165, 1.54) is 10.9 Å². The van der Waals surface area contributed by atoms with Crippen LogP contribution in [0.15, 0.2) is 17.3 Å². The lowest BCUT2D eigenvalue weighted by Crippen LogP contribution is -2.19. The van der Waals surface area contributed by atoms with Crippen LogP contribution in [0.3, 0.4) is 0 Å². The normalized spacial score (nSPS) is 12.0. The van der Waals surface area contributed by atoms with Gasteiger partial charge in [0.15, 0.2) is 5.65 Å². The Kier molecular flexibility index (Phi) is 1.89. The summed E-state index contributed by atoms with van der Waals surface area (Å²) in [6.45, 7) is 4.14. The van der Waals surface area contributed by atoms with Crippen LogP contribution in [0.2, 0.25) is 0 Å². The van der Waals surface area contributed by atoms with Gasteiger partial charge in [-0.25, -0.2) is 9.97 Å². The van der Waals surface area contributed by atoms with Crippen molar-refractivity contribution in [3.8, 4) is 0 Å². The summed E-state index contributed by atoms with van der Waals surface area (Å²) in [7, 11) is 1.72. The molecule has 1 N–H and O–H groups in total. The Morgan fingerprint density at radius 1 is 1.41 bits per heavy atom. The van der Waals surface area contributed by atoms with Crippen LogP contribution in [0.5, 0.6) is 0 Å². The van der Waals surface area contributed by atoms with Crippen molar-refractivity contribution in [3.63, 3.8) is 0 Å². The largest absolute Gasteiger partial charge is 0.339 e. The highest BCUT2D eigenvalue weighted by molar-refractivity contribution is 5.72. The van der Waals surface area contributed by atoms with Crippen LogP contribution in [0, 0.1) is 0 Å². The van der Waals surface area contributed by atoms with E-state index in [0.717, 1.165) is 5.69 Å². The number of nitrogens with one attached hydrogen (secondary N) is 1. The van der Waals surface area contributed by atoms with Gasteiger partial charge in [-0.05, 0) is 5.92 Å². The maximum Gasteiger partial charge on any atom is 0.280 e. The molecule has 0 bridgehead atoms. The first kappa shape index (κ1) is 10.1. The van der Waals surface area contributed by atoms with E-state index in [2.05, 4.69) is 28.8 Å². The number of hydrogen-bond donors (Lipinski definition) is 1. The summed E-state index contributed by atoms with van der Waals surface area (Å²) in [5, 5.41) is 0. The lowest BCUT2D eigenvalue weighted by molar-refractivity contribution is 0.823. The van der Waals surface area contributed by atoms with Crippen molar-refractivity contribution in [2.24, 2.45) is 7.05 Å². The number of aromatic nitrogens is 5. The average Bonchev–Trinajstić information content (AvgIpc) is 2.91. The predicted octanol–water partition coefficient (Wildman–Crippen LogP) is 1.03. The van der Waals surface area contributed by atoms with E-state index in [9.17, 15) is 4.79 Å². The Labute approximate surface area is 96.9 Å². The van der Waals surface area contributed by atoms with Gasteiger partial charge in [-0.2, -0.15) is 0 Å². The third-order valence-corrected chi connectivity index (χ3v) is 2.96. The minimum Gasteiger partial charge on any atom is -0.339 e. The molecule has 0 saturated carbocycles. The average molecular weight is 231 g/mol. The van der Waals surface area contributed by atoms with Crippen LogP contribution >= 0.6 is 0 Å². The van der Waals surface area contributed by atoms with Gasteiger partial charge in [-0.15, -0.1) is 0 Å². The molecule has 17 heavy (non-hydrogen) atoms. The number of imidazole rings is 2. The number of hydrogen-bond acceptors (Lipinski definition) is 3. The summed E-state index contributed by atoms with van der Waals surface area (Å²) in [5.41, 5.74) is 1.98. The molecule has 6 heteroatoms. The summed E-state index contributed by atoms with van der Waals surface area (Å²) in [6, 6.07) is 0. The molecule has 0 unspecified atom stereocenters. The van der Waals surface area contributed by atoms with Gasteiger partial charge < -0.3 is 4.98 Å². The molecular weight excluding hydrogens is 218 g/mol. The van der Waals surface area contributed by atoms with Gasteiger partial charge in [-0.1, -0.05) is 13.8 Å². The van der Waals surface area contributed by atoms with Gasteiger partial charge in [0.25, 0.3) is 5.56 Å². The molecule has 0 radical (unpaired) electrons. The van der Waals surface area contributed by atoms with E-state index in [4.69, 9.17) is 0 Å². The summed E-state index contributed by atoms with van der Waals surface area (Å²) >= 11 is 0. The van der Waals surface area contributed by atoms with E-state index in [0.29, 0.717) is 22.9 Å². The van der Waals surface area contributed by atoms with E-state index in [1.54, 1.807) is 7.05 Å². The molecule has 3 aromatic rings.